The van der Waals surface area contributed by atoms with Gasteiger partial charge in [-0.05, 0) is 30.8 Å². The SMILES string of the molecule is CCN1CCN(C2=NCCN2C(=O)c2ccc(N(C)C)cc2)CC1. The van der Waals surface area contributed by atoms with Gasteiger partial charge in [-0.2, -0.15) is 0 Å². The number of aliphatic imine (C=N–C) groups is 1. The van der Waals surface area contributed by atoms with Crippen molar-refractivity contribution < 1.29 is 4.79 Å². The second kappa shape index (κ2) is 7.21. The Labute approximate surface area is 144 Å². The number of hydrogen-bond acceptors (Lipinski definition) is 5. The van der Waals surface area contributed by atoms with Crippen LogP contribution < -0.4 is 4.90 Å². The normalized spacial score (nSPS) is 18.7. The van der Waals surface area contributed by atoms with E-state index in [1.165, 1.54) is 0 Å². The Bertz CT molecular complexity index is 602. The summed E-state index contributed by atoms with van der Waals surface area (Å²) >= 11 is 0. The molecule has 6 nitrogen and oxygen atoms in total. The van der Waals surface area contributed by atoms with Crippen LogP contribution in [-0.4, -0.2) is 86.5 Å². The van der Waals surface area contributed by atoms with Crippen LogP contribution in [0.2, 0.25) is 0 Å². The Hall–Kier alpha value is -2.08. The number of benzene rings is 1. The van der Waals surface area contributed by atoms with Gasteiger partial charge in [0.15, 0.2) is 0 Å². The number of carbonyl (C=O) groups excluding carboxylic acids is 1. The first-order chi connectivity index (χ1) is 11.6. The third-order valence-corrected chi connectivity index (χ3v) is 4.80. The molecule has 1 aromatic rings. The second-order valence-electron chi connectivity index (χ2n) is 6.50. The van der Waals surface area contributed by atoms with E-state index in [2.05, 4.69) is 21.7 Å². The van der Waals surface area contributed by atoms with Gasteiger partial charge < -0.3 is 14.7 Å². The molecular formula is C18H27N5O. The zero-order valence-electron chi connectivity index (χ0n) is 14.9. The number of anilines is 1. The summed E-state index contributed by atoms with van der Waals surface area (Å²) in [6, 6.07) is 7.78. The smallest absolute Gasteiger partial charge is 0.260 e. The number of nitrogens with zero attached hydrogens (tertiary/aromatic N) is 5. The molecule has 0 spiro atoms. The summed E-state index contributed by atoms with van der Waals surface area (Å²) < 4.78 is 0. The molecule has 2 aliphatic heterocycles. The van der Waals surface area contributed by atoms with Crippen LogP contribution in [0.4, 0.5) is 5.69 Å². The minimum absolute atomic E-state index is 0.0504. The lowest BCUT2D eigenvalue weighted by molar-refractivity contribution is 0.0834. The molecule has 0 atom stereocenters. The molecule has 0 saturated carbocycles. The molecule has 0 aliphatic carbocycles. The van der Waals surface area contributed by atoms with Gasteiger partial charge in [0.25, 0.3) is 5.91 Å². The van der Waals surface area contributed by atoms with Crippen LogP contribution in [-0.2, 0) is 0 Å². The van der Waals surface area contributed by atoms with Gasteiger partial charge in [0.2, 0.25) is 5.96 Å². The van der Waals surface area contributed by atoms with Crippen LogP contribution in [0.1, 0.15) is 17.3 Å². The minimum Gasteiger partial charge on any atom is -0.378 e. The lowest BCUT2D eigenvalue weighted by atomic mass is 10.1. The summed E-state index contributed by atoms with van der Waals surface area (Å²) in [7, 11) is 4.00. The zero-order valence-corrected chi connectivity index (χ0v) is 14.9. The van der Waals surface area contributed by atoms with Gasteiger partial charge >= 0.3 is 0 Å². The van der Waals surface area contributed by atoms with Crippen molar-refractivity contribution in [2.75, 3.05) is 64.8 Å². The van der Waals surface area contributed by atoms with Crippen molar-refractivity contribution in [3.8, 4) is 0 Å². The van der Waals surface area contributed by atoms with Crippen LogP contribution in [0.3, 0.4) is 0 Å². The average molecular weight is 329 g/mol. The highest BCUT2D eigenvalue weighted by Crippen LogP contribution is 2.17. The van der Waals surface area contributed by atoms with Crippen LogP contribution in [0, 0.1) is 0 Å². The maximum absolute atomic E-state index is 12.9. The molecule has 24 heavy (non-hydrogen) atoms. The Morgan fingerprint density at radius 3 is 2.33 bits per heavy atom. The van der Waals surface area contributed by atoms with Crippen molar-refractivity contribution in [2.24, 2.45) is 4.99 Å². The average Bonchev–Trinajstić information content (AvgIpc) is 3.11. The fourth-order valence-corrected chi connectivity index (χ4v) is 3.22. The summed E-state index contributed by atoms with van der Waals surface area (Å²) in [4.78, 5) is 26.1. The van der Waals surface area contributed by atoms with Gasteiger partial charge in [-0.15, -0.1) is 0 Å². The highest BCUT2D eigenvalue weighted by Gasteiger charge is 2.30. The topological polar surface area (TPSA) is 42.4 Å². The minimum atomic E-state index is 0.0504. The van der Waals surface area contributed by atoms with Gasteiger partial charge in [0.05, 0.1) is 6.54 Å². The van der Waals surface area contributed by atoms with Crippen LogP contribution in [0.25, 0.3) is 0 Å². The maximum atomic E-state index is 12.9. The molecule has 6 heteroatoms. The van der Waals surface area contributed by atoms with E-state index in [1.807, 2.05) is 48.2 Å². The molecule has 1 saturated heterocycles. The van der Waals surface area contributed by atoms with E-state index in [9.17, 15) is 4.79 Å². The lowest BCUT2D eigenvalue weighted by Gasteiger charge is -2.37. The number of piperazine rings is 1. The zero-order chi connectivity index (χ0) is 17.1. The number of carbonyl (C=O) groups is 1. The van der Waals surface area contributed by atoms with Gasteiger partial charge in [-0.3, -0.25) is 14.7 Å². The molecule has 1 fully saturated rings. The maximum Gasteiger partial charge on any atom is 0.260 e. The van der Waals surface area contributed by atoms with Crippen molar-refractivity contribution in [1.29, 1.82) is 0 Å². The number of hydrogen-bond donors (Lipinski definition) is 0. The third-order valence-electron chi connectivity index (χ3n) is 4.80. The second-order valence-corrected chi connectivity index (χ2v) is 6.50. The van der Waals surface area contributed by atoms with Crippen molar-refractivity contribution in [3.63, 3.8) is 0 Å². The highest BCUT2D eigenvalue weighted by atomic mass is 16.2. The largest absolute Gasteiger partial charge is 0.378 e. The number of guanidine groups is 1. The van der Waals surface area contributed by atoms with E-state index < -0.39 is 0 Å². The van der Waals surface area contributed by atoms with Gasteiger partial charge in [-0.1, -0.05) is 6.92 Å². The Kier molecular flexibility index (Phi) is 5.04. The van der Waals surface area contributed by atoms with Crippen molar-refractivity contribution in [3.05, 3.63) is 29.8 Å². The van der Waals surface area contributed by atoms with Gasteiger partial charge in [0.1, 0.15) is 0 Å². The van der Waals surface area contributed by atoms with Crippen LogP contribution >= 0.6 is 0 Å². The van der Waals surface area contributed by atoms with Crippen molar-refractivity contribution in [2.45, 2.75) is 6.92 Å². The quantitative estimate of drug-likeness (QED) is 0.836. The van der Waals surface area contributed by atoms with E-state index in [0.717, 1.165) is 49.9 Å². The number of likely N-dealkylation sites (N-methyl/N-ethyl adjacent to an activating group) is 1. The standard InChI is InChI=1S/C18H27N5O/c1-4-21-11-13-22(14-12-21)18-19-9-10-23(18)17(24)15-5-7-16(8-6-15)20(2)3/h5-8H,4,9-14H2,1-3H3. The first-order valence-corrected chi connectivity index (χ1v) is 8.71. The molecule has 1 aromatic carbocycles. The number of amides is 1. The molecule has 130 valence electrons. The Balaban J connectivity index is 1.69. The predicted molar refractivity (Wildman–Crippen MR) is 97.8 cm³/mol. The van der Waals surface area contributed by atoms with Crippen molar-refractivity contribution >= 4 is 17.6 Å². The van der Waals surface area contributed by atoms with Crippen LogP contribution in [0.5, 0.6) is 0 Å². The predicted octanol–water partition coefficient (Wildman–Crippen LogP) is 1.20. The summed E-state index contributed by atoms with van der Waals surface area (Å²) in [5, 5.41) is 0. The van der Waals surface area contributed by atoms with Crippen LogP contribution in [0.15, 0.2) is 29.3 Å². The summed E-state index contributed by atoms with van der Waals surface area (Å²) in [6.45, 7) is 8.61. The molecule has 2 aliphatic rings. The molecule has 0 aromatic heterocycles. The molecule has 0 unspecified atom stereocenters. The Morgan fingerprint density at radius 1 is 1.08 bits per heavy atom. The molecule has 0 radical (unpaired) electrons. The lowest BCUT2D eigenvalue weighted by Crippen LogP contribution is -2.53. The molecule has 3 rings (SSSR count). The summed E-state index contributed by atoms with van der Waals surface area (Å²) in [5.41, 5.74) is 1.82. The molecule has 1 amide bonds. The Morgan fingerprint density at radius 2 is 1.75 bits per heavy atom. The van der Waals surface area contributed by atoms with E-state index in [0.29, 0.717) is 13.1 Å². The van der Waals surface area contributed by atoms with E-state index in [4.69, 9.17) is 0 Å². The molecular weight excluding hydrogens is 302 g/mol. The van der Waals surface area contributed by atoms with E-state index in [-0.39, 0.29) is 5.91 Å². The fraction of sp³-hybridized carbons (Fsp3) is 0.556. The summed E-state index contributed by atoms with van der Waals surface area (Å²) in [5.74, 6) is 0.905. The van der Waals surface area contributed by atoms with E-state index in [1.54, 1.807) is 0 Å². The van der Waals surface area contributed by atoms with Gasteiger partial charge in [-0.25, -0.2) is 0 Å². The highest BCUT2D eigenvalue weighted by molar-refractivity contribution is 6.06. The van der Waals surface area contributed by atoms with Gasteiger partial charge in [0, 0.05) is 58.1 Å². The summed E-state index contributed by atoms with van der Waals surface area (Å²) in [6.07, 6.45) is 0. The third kappa shape index (κ3) is 3.38. The first kappa shape index (κ1) is 16.8. The molecule has 0 bridgehead atoms. The molecule has 0 N–H and O–H groups in total. The van der Waals surface area contributed by atoms with Crippen molar-refractivity contribution in [1.82, 2.24) is 14.7 Å². The number of rotatable bonds is 3. The first-order valence-electron chi connectivity index (χ1n) is 8.71. The molecule has 2 heterocycles. The fourth-order valence-electron chi connectivity index (χ4n) is 3.22. The van der Waals surface area contributed by atoms with E-state index >= 15 is 0 Å². The monoisotopic (exact) mass is 329 g/mol.